The second-order valence-electron chi connectivity index (χ2n) is 6.08. The quantitative estimate of drug-likeness (QED) is 0.588. The van der Waals surface area contributed by atoms with Crippen LogP contribution in [-0.4, -0.2) is 45.0 Å². The first kappa shape index (κ1) is 15.9. The monoisotopic (exact) mass is 285 g/mol. The highest BCUT2D eigenvalue weighted by Crippen LogP contribution is 2.36. The molecule has 1 aliphatic heterocycles. The Bertz CT molecular complexity index is 385. The van der Waals surface area contributed by atoms with Crippen LogP contribution < -0.4 is 0 Å². The van der Waals surface area contributed by atoms with Gasteiger partial charge in [-0.05, 0) is 18.1 Å². The van der Waals surface area contributed by atoms with E-state index in [4.69, 9.17) is 9.16 Å². The zero-order valence-electron chi connectivity index (χ0n) is 12.4. The summed E-state index contributed by atoms with van der Waals surface area (Å²) >= 11 is 0. The predicted molar refractivity (Wildman–Crippen MR) is 75.4 cm³/mol. The van der Waals surface area contributed by atoms with Crippen LogP contribution in [0.3, 0.4) is 0 Å². The number of hydrogen-bond acceptors (Lipinski definition) is 4. The smallest absolute Gasteiger partial charge is 0.416 e. The third-order valence-electron chi connectivity index (χ3n) is 3.63. The number of carbonyl (C=O) groups excluding carboxylic acids is 2. The number of cyclic esters (lactones) is 1. The molecule has 0 radical (unpaired) electrons. The van der Waals surface area contributed by atoms with Crippen molar-refractivity contribution in [2.24, 2.45) is 0 Å². The first-order valence-electron chi connectivity index (χ1n) is 6.44. The Kier molecular flexibility index (Phi) is 4.92. The van der Waals surface area contributed by atoms with E-state index in [9.17, 15) is 9.59 Å². The zero-order valence-corrected chi connectivity index (χ0v) is 13.4. The molecule has 0 saturated carbocycles. The van der Waals surface area contributed by atoms with Gasteiger partial charge in [0.15, 0.2) is 8.32 Å². The maximum Gasteiger partial charge on any atom is 0.416 e. The molecule has 0 aromatic rings. The highest BCUT2D eigenvalue weighted by Gasteiger charge is 2.36. The van der Waals surface area contributed by atoms with Crippen molar-refractivity contribution >= 4 is 20.3 Å². The van der Waals surface area contributed by atoms with E-state index >= 15 is 0 Å². The van der Waals surface area contributed by atoms with Crippen LogP contribution in [0.1, 0.15) is 20.8 Å². The maximum atomic E-state index is 11.7. The van der Waals surface area contributed by atoms with E-state index in [2.05, 4.69) is 33.9 Å². The molecule has 5 nitrogen and oxygen atoms in total. The van der Waals surface area contributed by atoms with E-state index in [1.54, 1.807) is 6.08 Å². The van der Waals surface area contributed by atoms with Crippen molar-refractivity contribution in [1.82, 2.24) is 4.90 Å². The van der Waals surface area contributed by atoms with Crippen molar-refractivity contribution in [2.75, 3.05) is 19.8 Å². The van der Waals surface area contributed by atoms with E-state index in [1.165, 1.54) is 6.08 Å². The molecular formula is C13H23NO4Si. The second kappa shape index (κ2) is 5.88. The number of ether oxygens (including phenoxy) is 1. The number of rotatable bonds is 4. The molecule has 6 heteroatoms. The molecule has 2 amide bonds. The molecule has 0 N–H and O–H groups in total. The Morgan fingerprint density at radius 2 is 2.11 bits per heavy atom. The van der Waals surface area contributed by atoms with Crippen LogP contribution in [0.2, 0.25) is 18.1 Å². The average Bonchev–Trinajstić information content (AvgIpc) is 2.69. The number of hydrogen-bond donors (Lipinski definition) is 0. The molecule has 1 aliphatic rings. The van der Waals surface area contributed by atoms with Crippen molar-refractivity contribution in [3.8, 4) is 0 Å². The molecule has 1 fully saturated rings. The minimum Gasteiger partial charge on any atom is -0.447 e. The standard InChI is InChI=1S/C13H23NO4Si/c1-13(2,3)19(4,5)18-9-6-7-11(15)14-8-10-17-12(14)16/h6-7H,8-10H2,1-5H3/b7-6-. The summed E-state index contributed by atoms with van der Waals surface area (Å²) in [6.45, 7) is 11.8. The van der Waals surface area contributed by atoms with Gasteiger partial charge in [0.25, 0.3) is 5.91 Å². The fraction of sp³-hybridized carbons (Fsp3) is 0.692. The topological polar surface area (TPSA) is 55.8 Å². The van der Waals surface area contributed by atoms with Gasteiger partial charge in [-0.15, -0.1) is 0 Å². The van der Waals surface area contributed by atoms with Crippen molar-refractivity contribution in [3.63, 3.8) is 0 Å². The number of imide groups is 1. The Morgan fingerprint density at radius 3 is 2.58 bits per heavy atom. The minimum absolute atomic E-state index is 0.142. The Labute approximate surface area is 115 Å². The van der Waals surface area contributed by atoms with Gasteiger partial charge in [-0.3, -0.25) is 4.79 Å². The lowest BCUT2D eigenvalue weighted by Gasteiger charge is -2.35. The molecule has 0 aromatic heterocycles. The highest BCUT2D eigenvalue weighted by atomic mass is 28.4. The van der Waals surface area contributed by atoms with Crippen LogP contribution in [0.15, 0.2) is 12.2 Å². The fourth-order valence-electron chi connectivity index (χ4n) is 1.31. The van der Waals surface area contributed by atoms with Crippen molar-refractivity contribution < 1.29 is 18.8 Å². The summed E-state index contributed by atoms with van der Waals surface area (Å²) in [7, 11) is -1.79. The zero-order chi connectivity index (χ0) is 14.7. The normalized spacial score (nSPS) is 17.1. The number of amides is 2. The molecule has 0 bridgehead atoms. The maximum absolute atomic E-state index is 11.7. The van der Waals surface area contributed by atoms with E-state index in [0.29, 0.717) is 13.2 Å². The Balaban J connectivity index is 2.43. The minimum atomic E-state index is -1.79. The molecule has 0 unspecified atom stereocenters. The van der Waals surface area contributed by atoms with Crippen LogP contribution >= 0.6 is 0 Å². The predicted octanol–water partition coefficient (Wildman–Crippen LogP) is 2.54. The molecule has 1 rings (SSSR count). The molecule has 0 aromatic carbocycles. The van der Waals surface area contributed by atoms with Gasteiger partial charge in [-0.1, -0.05) is 26.8 Å². The average molecular weight is 285 g/mol. The van der Waals surface area contributed by atoms with Gasteiger partial charge in [0.05, 0.1) is 13.2 Å². The van der Waals surface area contributed by atoms with Crippen molar-refractivity contribution in [2.45, 2.75) is 38.9 Å². The highest BCUT2D eigenvalue weighted by molar-refractivity contribution is 6.74. The summed E-state index contributed by atoms with van der Waals surface area (Å²) in [5, 5.41) is 0.142. The van der Waals surface area contributed by atoms with Crippen LogP contribution in [0.4, 0.5) is 4.79 Å². The summed E-state index contributed by atoms with van der Waals surface area (Å²) < 4.78 is 10.6. The molecule has 0 spiro atoms. The third-order valence-corrected chi connectivity index (χ3v) is 8.13. The summed E-state index contributed by atoms with van der Waals surface area (Å²) in [6, 6.07) is 0. The van der Waals surface area contributed by atoms with Gasteiger partial charge in [-0.25, -0.2) is 9.69 Å². The number of carbonyl (C=O) groups is 2. The van der Waals surface area contributed by atoms with E-state index < -0.39 is 14.4 Å². The number of nitrogens with zero attached hydrogens (tertiary/aromatic N) is 1. The van der Waals surface area contributed by atoms with Gasteiger partial charge in [0, 0.05) is 6.08 Å². The van der Waals surface area contributed by atoms with Gasteiger partial charge in [0.1, 0.15) is 6.61 Å². The third kappa shape index (κ3) is 4.17. The van der Waals surface area contributed by atoms with Crippen LogP contribution in [-0.2, 0) is 14.0 Å². The van der Waals surface area contributed by atoms with Crippen LogP contribution in [0.5, 0.6) is 0 Å². The Hall–Kier alpha value is -1.14. The molecule has 19 heavy (non-hydrogen) atoms. The van der Waals surface area contributed by atoms with Crippen LogP contribution in [0, 0.1) is 0 Å². The fourth-order valence-corrected chi connectivity index (χ4v) is 2.25. The molecule has 0 atom stereocenters. The molecule has 108 valence electrons. The molecule has 1 heterocycles. The molecule has 0 aliphatic carbocycles. The summed E-state index contributed by atoms with van der Waals surface area (Å²) in [5.74, 6) is -0.346. The Morgan fingerprint density at radius 1 is 1.47 bits per heavy atom. The lowest BCUT2D eigenvalue weighted by molar-refractivity contribution is -0.122. The first-order valence-corrected chi connectivity index (χ1v) is 9.35. The molecule has 1 saturated heterocycles. The second-order valence-corrected chi connectivity index (χ2v) is 10.9. The SMILES string of the molecule is CC(C)(C)[Si](C)(C)OC/C=C\C(=O)N1CCOC1=O. The van der Waals surface area contributed by atoms with Crippen molar-refractivity contribution in [1.29, 1.82) is 0 Å². The summed E-state index contributed by atoms with van der Waals surface area (Å²) in [5.41, 5.74) is 0. The van der Waals surface area contributed by atoms with Crippen molar-refractivity contribution in [3.05, 3.63) is 12.2 Å². The lowest BCUT2D eigenvalue weighted by atomic mass is 10.2. The molecular weight excluding hydrogens is 262 g/mol. The summed E-state index contributed by atoms with van der Waals surface area (Å²) in [6.07, 6.45) is 2.47. The first-order chi connectivity index (χ1) is 8.65. The van der Waals surface area contributed by atoms with Gasteiger partial charge < -0.3 is 9.16 Å². The van der Waals surface area contributed by atoms with Gasteiger partial charge >= 0.3 is 6.09 Å². The lowest BCUT2D eigenvalue weighted by Crippen LogP contribution is -2.40. The summed E-state index contributed by atoms with van der Waals surface area (Å²) in [4.78, 5) is 23.9. The largest absolute Gasteiger partial charge is 0.447 e. The van der Waals surface area contributed by atoms with Gasteiger partial charge in [-0.2, -0.15) is 0 Å². The van der Waals surface area contributed by atoms with E-state index in [-0.39, 0.29) is 17.6 Å². The van der Waals surface area contributed by atoms with E-state index in [1.807, 2.05) is 0 Å². The van der Waals surface area contributed by atoms with Gasteiger partial charge in [0.2, 0.25) is 0 Å². The van der Waals surface area contributed by atoms with E-state index in [0.717, 1.165) is 4.90 Å². The van der Waals surface area contributed by atoms with Crippen LogP contribution in [0.25, 0.3) is 0 Å².